The Bertz CT molecular complexity index is 535. The number of thiol groups is 1. The maximum absolute atomic E-state index is 12.0. The predicted molar refractivity (Wildman–Crippen MR) is 78.6 cm³/mol. The fourth-order valence-electron chi connectivity index (χ4n) is 2.27. The molecule has 0 saturated carbocycles. The topological polar surface area (TPSA) is 72.7 Å². The maximum Gasteiger partial charge on any atom is 0.296 e. The molecule has 1 fully saturated rings. The second-order valence-corrected chi connectivity index (χ2v) is 4.96. The molecule has 7 heteroatoms. The number of carbonyl (C=O) groups excluding carboxylic acids is 1. The predicted octanol–water partition coefficient (Wildman–Crippen LogP) is 2.28. The van der Waals surface area contributed by atoms with E-state index < -0.39 is 4.92 Å². The number of rotatable bonds is 5. The Hall–Kier alpha value is -1.76. The first-order valence-corrected chi connectivity index (χ1v) is 7.02. The summed E-state index contributed by atoms with van der Waals surface area (Å²) < 4.78 is 5.26. The first-order valence-electron chi connectivity index (χ1n) is 6.39. The van der Waals surface area contributed by atoms with Crippen LogP contribution in [0.5, 0.6) is 5.75 Å². The van der Waals surface area contributed by atoms with Crippen LogP contribution in [0.2, 0.25) is 0 Å². The molecule has 0 aliphatic carbocycles. The molecule has 1 saturated heterocycles. The molecule has 2 rings (SSSR count). The lowest BCUT2D eigenvalue weighted by Gasteiger charge is -2.17. The Kier molecular flexibility index (Phi) is 4.49. The van der Waals surface area contributed by atoms with Crippen molar-refractivity contribution in [1.29, 1.82) is 0 Å². The summed E-state index contributed by atoms with van der Waals surface area (Å²) in [6.07, 6.45) is 0.383. The van der Waals surface area contributed by atoms with E-state index in [0.29, 0.717) is 36.8 Å². The molecule has 1 heterocycles. The lowest BCUT2D eigenvalue weighted by atomic mass is 10.1. The minimum atomic E-state index is -0.487. The Labute approximate surface area is 122 Å². The Morgan fingerprint density at radius 2 is 2.30 bits per heavy atom. The van der Waals surface area contributed by atoms with Crippen LogP contribution in [0.25, 0.3) is 0 Å². The van der Waals surface area contributed by atoms with E-state index in [9.17, 15) is 14.9 Å². The van der Waals surface area contributed by atoms with Crippen LogP contribution < -0.4 is 9.64 Å². The largest absolute Gasteiger partial charge is 0.494 e. The molecule has 20 heavy (non-hydrogen) atoms. The average Bonchev–Trinajstić information content (AvgIpc) is 2.80. The zero-order chi connectivity index (χ0) is 14.7. The zero-order valence-corrected chi connectivity index (χ0v) is 12.0. The van der Waals surface area contributed by atoms with Crippen LogP contribution in [0.15, 0.2) is 18.2 Å². The maximum atomic E-state index is 12.0. The molecule has 1 atom stereocenters. The number of nitrogens with zero attached hydrogens (tertiary/aromatic N) is 2. The second kappa shape index (κ2) is 6.13. The molecule has 0 N–H and O–H groups in total. The van der Waals surface area contributed by atoms with E-state index in [1.807, 2.05) is 0 Å². The molecule has 1 aromatic carbocycles. The summed E-state index contributed by atoms with van der Waals surface area (Å²) >= 11 is 4.19. The molecule has 1 amide bonds. The molecule has 0 bridgehead atoms. The summed E-state index contributed by atoms with van der Waals surface area (Å²) in [5.41, 5.74) is 0.219. The highest BCUT2D eigenvalue weighted by Gasteiger charge is 2.33. The number of nitro groups is 1. The van der Waals surface area contributed by atoms with Gasteiger partial charge in [0.1, 0.15) is 11.4 Å². The van der Waals surface area contributed by atoms with Gasteiger partial charge in [0, 0.05) is 13.0 Å². The van der Waals surface area contributed by atoms with E-state index in [4.69, 9.17) is 4.74 Å². The van der Waals surface area contributed by atoms with E-state index in [1.54, 1.807) is 19.1 Å². The van der Waals surface area contributed by atoms with Crippen LogP contribution in [0.3, 0.4) is 0 Å². The molecule has 0 radical (unpaired) electrons. The highest BCUT2D eigenvalue weighted by Crippen LogP contribution is 2.35. The van der Waals surface area contributed by atoms with Crippen molar-refractivity contribution < 1.29 is 14.5 Å². The molecule has 0 spiro atoms. The van der Waals surface area contributed by atoms with Crippen LogP contribution in [0.4, 0.5) is 11.4 Å². The number of ether oxygens (including phenoxy) is 1. The van der Waals surface area contributed by atoms with E-state index in [0.717, 1.165) is 0 Å². The summed E-state index contributed by atoms with van der Waals surface area (Å²) in [6.45, 7) is 2.71. The number of amides is 1. The van der Waals surface area contributed by atoms with E-state index in [2.05, 4.69) is 12.6 Å². The number of anilines is 1. The number of carbonyl (C=O) groups is 1. The minimum absolute atomic E-state index is 0.101. The highest BCUT2D eigenvalue weighted by atomic mass is 32.1. The molecule has 0 aromatic heterocycles. The normalized spacial score (nSPS) is 18.4. The fraction of sp³-hybridized carbons (Fsp3) is 0.462. The van der Waals surface area contributed by atoms with E-state index >= 15 is 0 Å². The Morgan fingerprint density at radius 3 is 2.85 bits per heavy atom. The van der Waals surface area contributed by atoms with Gasteiger partial charge in [-0.05, 0) is 30.7 Å². The van der Waals surface area contributed by atoms with Crippen LogP contribution in [-0.4, -0.2) is 29.7 Å². The highest BCUT2D eigenvalue weighted by molar-refractivity contribution is 7.80. The SMILES string of the molecule is CCOc1ccc(N2CC(CS)CC2=O)c([N+](=O)[O-])c1. The molecular weight excluding hydrogens is 280 g/mol. The summed E-state index contributed by atoms with van der Waals surface area (Å²) in [6, 6.07) is 4.58. The second-order valence-electron chi connectivity index (χ2n) is 4.60. The molecular formula is C13H16N2O4S. The van der Waals surface area contributed by atoms with Crippen molar-refractivity contribution in [3.05, 3.63) is 28.3 Å². The van der Waals surface area contributed by atoms with Crippen LogP contribution in [-0.2, 0) is 4.79 Å². The zero-order valence-electron chi connectivity index (χ0n) is 11.1. The van der Waals surface area contributed by atoms with E-state index in [-0.39, 0.29) is 17.5 Å². The van der Waals surface area contributed by atoms with Gasteiger partial charge in [-0.1, -0.05) is 0 Å². The first kappa shape index (κ1) is 14.6. The first-order chi connectivity index (χ1) is 9.56. The van der Waals surface area contributed by atoms with Crippen molar-refractivity contribution >= 4 is 29.9 Å². The van der Waals surface area contributed by atoms with Gasteiger partial charge in [0.2, 0.25) is 5.91 Å². The van der Waals surface area contributed by atoms with Gasteiger partial charge in [0.15, 0.2) is 0 Å². The van der Waals surface area contributed by atoms with Gasteiger partial charge in [-0.3, -0.25) is 14.9 Å². The third kappa shape index (κ3) is 2.87. The molecule has 108 valence electrons. The summed E-state index contributed by atoms with van der Waals surface area (Å²) in [5, 5.41) is 11.2. The average molecular weight is 296 g/mol. The van der Waals surface area contributed by atoms with Crippen molar-refractivity contribution in [2.24, 2.45) is 5.92 Å². The smallest absolute Gasteiger partial charge is 0.296 e. The molecule has 1 aromatic rings. The van der Waals surface area contributed by atoms with Gasteiger partial charge in [-0.2, -0.15) is 12.6 Å². The minimum Gasteiger partial charge on any atom is -0.494 e. The number of nitro benzene ring substituents is 1. The van der Waals surface area contributed by atoms with Crippen molar-refractivity contribution in [3.63, 3.8) is 0 Å². The standard InChI is InChI=1S/C13H16N2O4S/c1-2-19-10-3-4-11(12(6-10)15(17)18)14-7-9(8-20)5-13(14)16/h3-4,6,9,20H,2,5,7-8H2,1H3. The molecule has 6 nitrogen and oxygen atoms in total. The molecule has 1 aliphatic heterocycles. The molecule has 1 unspecified atom stereocenters. The summed E-state index contributed by atoms with van der Waals surface area (Å²) in [4.78, 5) is 24.1. The van der Waals surface area contributed by atoms with Gasteiger partial charge < -0.3 is 9.64 Å². The third-order valence-corrected chi connectivity index (χ3v) is 3.73. The van der Waals surface area contributed by atoms with Crippen molar-refractivity contribution in [3.8, 4) is 5.75 Å². The van der Waals surface area contributed by atoms with Crippen LogP contribution in [0.1, 0.15) is 13.3 Å². The Morgan fingerprint density at radius 1 is 1.55 bits per heavy atom. The van der Waals surface area contributed by atoms with Crippen molar-refractivity contribution in [2.45, 2.75) is 13.3 Å². The van der Waals surface area contributed by atoms with Crippen LogP contribution >= 0.6 is 12.6 Å². The Balaban J connectivity index is 2.36. The lowest BCUT2D eigenvalue weighted by molar-refractivity contribution is -0.384. The third-order valence-electron chi connectivity index (χ3n) is 3.21. The lowest BCUT2D eigenvalue weighted by Crippen LogP contribution is -2.25. The van der Waals surface area contributed by atoms with Gasteiger partial charge in [0.25, 0.3) is 5.69 Å². The van der Waals surface area contributed by atoms with Crippen molar-refractivity contribution in [1.82, 2.24) is 0 Å². The summed E-state index contributed by atoms with van der Waals surface area (Å²) in [7, 11) is 0. The van der Waals surface area contributed by atoms with Gasteiger partial charge in [-0.25, -0.2) is 0 Å². The fourth-order valence-corrected chi connectivity index (χ4v) is 2.52. The van der Waals surface area contributed by atoms with E-state index in [1.165, 1.54) is 11.0 Å². The van der Waals surface area contributed by atoms with Gasteiger partial charge in [0.05, 0.1) is 17.6 Å². The monoisotopic (exact) mass is 296 g/mol. The van der Waals surface area contributed by atoms with Crippen molar-refractivity contribution in [2.75, 3.05) is 23.8 Å². The van der Waals surface area contributed by atoms with Gasteiger partial charge >= 0.3 is 0 Å². The number of hydrogen-bond acceptors (Lipinski definition) is 5. The van der Waals surface area contributed by atoms with Gasteiger partial charge in [-0.15, -0.1) is 0 Å². The summed E-state index contributed by atoms with van der Waals surface area (Å²) in [5.74, 6) is 1.06. The number of hydrogen-bond donors (Lipinski definition) is 1. The number of benzene rings is 1. The van der Waals surface area contributed by atoms with Crippen LogP contribution in [0, 0.1) is 16.0 Å². The quantitative estimate of drug-likeness (QED) is 0.514. The molecule has 1 aliphatic rings.